The minimum atomic E-state index is -0.638. The van der Waals surface area contributed by atoms with Gasteiger partial charge in [0, 0.05) is 49.1 Å². The lowest BCUT2D eigenvalue weighted by Gasteiger charge is -2.35. The van der Waals surface area contributed by atoms with Crippen molar-refractivity contribution < 1.29 is 9.47 Å². The van der Waals surface area contributed by atoms with Gasteiger partial charge >= 0.3 is 0 Å². The van der Waals surface area contributed by atoms with Gasteiger partial charge in [0.2, 0.25) is 0 Å². The molecule has 2 heterocycles. The average molecular weight is 322 g/mol. The van der Waals surface area contributed by atoms with Crippen LogP contribution in [0.4, 0.5) is 0 Å². The van der Waals surface area contributed by atoms with Gasteiger partial charge in [0.05, 0.1) is 0 Å². The zero-order valence-electron chi connectivity index (χ0n) is 14.5. The fourth-order valence-corrected chi connectivity index (χ4v) is 2.90. The van der Waals surface area contributed by atoms with Gasteiger partial charge in [-0.15, -0.1) is 0 Å². The molecule has 0 N–H and O–H groups in total. The highest BCUT2D eigenvalue weighted by molar-refractivity contribution is 5.43. The maximum atomic E-state index is 5.81. The normalized spacial score (nSPS) is 25.8. The summed E-state index contributed by atoms with van der Waals surface area (Å²) in [6.07, 6.45) is 11.8. The molecule has 0 atom stereocenters. The molecule has 0 amide bonds. The summed E-state index contributed by atoms with van der Waals surface area (Å²) in [5.41, 5.74) is 2.64. The average Bonchev–Trinajstić information content (AvgIpc) is 2.63. The zero-order valence-corrected chi connectivity index (χ0v) is 14.5. The first kappa shape index (κ1) is 16.6. The van der Waals surface area contributed by atoms with Gasteiger partial charge in [-0.2, -0.15) is 0 Å². The Morgan fingerprint density at radius 3 is 1.29 bits per heavy atom. The van der Waals surface area contributed by atoms with E-state index in [1.54, 1.807) is 14.2 Å². The third-order valence-electron chi connectivity index (χ3n) is 4.56. The number of aryl methyl sites for hydroxylation is 2. The predicted molar refractivity (Wildman–Crippen MR) is 93.6 cm³/mol. The van der Waals surface area contributed by atoms with E-state index in [9.17, 15) is 0 Å². The molecular formula is C20H22N2O2. The van der Waals surface area contributed by atoms with Crippen LogP contribution in [0.15, 0.2) is 61.0 Å². The summed E-state index contributed by atoms with van der Waals surface area (Å²) in [5.74, 6) is 0. The molecule has 0 saturated carbocycles. The number of pyridine rings is 2. The van der Waals surface area contributed by atoms with E-state index in [-0.39, 0.29) is 0 Å². The minimum Gasteiger partial charge on any atom is -0.365 e. The Balaban J connectivity index is 2.00. The highest BCUT2D eigenvalue weighted by atomic mass is 16.5. The van der Waals surface area contributed by atoms with Crippen molar-refractivity contribution in [3.05, 3.63) is 83.5 Å². The SMILES string of the molecule is COC1(c2ccc(C)nc2)C=CC(OC)(c2ccc(C)nc2)C=C1. The molecule has 0 radical (unpaired) electrons. The van der Waals surface area contributed by atoms with E-state index < -0.39 is 11.2 Å². The second kappa shape index (κ2) is 6.30. The molecule has 3 rings (SSSR count). The van der Waals surface area contributed by atoms with Crippen molar-refractivity contribution in [1.82, 2.24) is 9.97 Å². The molecule has 0 bridgehead atoms. The minimum absolute atomic E-state index is 0.638. The molecule has 0 fully saturated rings. The Morgan fingerprint density at radius 2 is 1.04 bits per heavy atom. The van der Waals surface area contributed by atoms with Crippen LogP contribution in [0, 0.1) is 13.8 Å². The summed E-state index contributed by atoms with van der Waals surface area (Å²) >= 11 is 0. The summed E-state index contributed by atoms with van der Waals surface area (Å²) < 4.78 is 11.6. The maximum Gasteiger partial charge on any atom is 0.131 e. The molecule has 0 saturated heterocycles. The van der Waals surface area contributed by atoms with E-state index in [4.69, 9.17) is 9.47 Å². The van der Waals surface area contributed by atoms with E-state index in [0.717, 1.165) is 22.5 Å². The van der Waals surface area contributed by atoms with Crippen LogP contribution < -0.4 is 0 Å². The van der Waals surface area contributed by atoms with E-state index >= 15 is 0 Å². The number of nitrogens with zero attached hydrogens (tertiary/aromatic N) is 2. The fourth-order valence-electron chi connectivity index (χ4n) is 2.90. The van der Waals surface area contributed by atoms with Crippen molar-refractivity contribution in [2.75, 3.05) is 14.2 Å². The van der Waals surface area contributed by atoms with Gasteiger partial charge in [0.15, 0.2) is 0 Å². The molecule has 124 valence electrons. The van der Waals surface area contributed by atoms with Crippen molar-refractivity contribution in [3.63, 3.8) is 0 Å². The van der Waals surface area contributed by atoms with Gasteiger partial charge < -0.3 is 9.47 Å². The Hall–Kier alpha value is -2.30. The molecule has 0 unspecified atom stereocenters. The standard InChI is InChI=1S/C20H22N2O2/c1-15-5-7-17(13-21-15)19(23-3)9-11-20(24-4,12-10-19)18-8-6-16(2)22-14-18/h5-14H,1-4H3. The topological polar surface area (TPSA) is 44.2 Å². The molecular weight excluding hydrogens is 300 g/mol. The van der Waals surface area contributed by atoms with Gasteiger partial charge in [-0.05, 0) is 50.3 Å². The quantitative estimate of drug-likeness (QED) is 0.807. The highest BCUT2D eigenvalue weighted by Crippen LogP contribution is 2.39. The third kappa shape index (κ3) is 2.79. The van der Waals surface area contributed by atoms with Crippen LogP contribution in [0.25, 0.3) is 0 Å². The number of methoxy groups -OCH3 is 2. The number of hydrogen-bond donors (Lipinski definition) is 0. The number of ether oxygens (including phenoxy) is 2. The van der Waals surface area contributed by atoms with Crippen LogP contribution in [-0.4, -0.2) is 24.2 Å². The Kier molecular flexibility index (Phi) is 4.35. The molecule has 4 nitrogen and oxygen atoms in total. The van der Waals surface area contributed by atoms with E-state index in [1.165, 1.54) is 0 Å². The Morgan fingerprint density at radius 1 is 0.667 bits per heavy atom. The van der Waals surface area contributed by atoms with Crippen LogP contribution in [0.2, 0.25) is 0 Å². The predicted octanol–water partition coefficient (Wildman–Crippen LogP) is 3.60. The molecule has 4 heteroatoms. The second-order valence-corrected chi connectivity index (χ2v) is 6.04. The van der Waals surface area contributed by atoms with Crippen LogP contribution in [0.3, 0.4) is 0 Å². The summed E-state index contributed by atoms with van der Waals surface area (Å²) in [5, 5.41) is 0. The molecule has 1 aliphatic rings. The lowest BCUT2D eigenvalue weighted by atomic mass is 9.82. The van der Waals surface area contributed by atoms with Crippen molar-refractivity contribution in [2.24, 2.45) is 0 Å². The van der Waals surface area contributed by atoms with E-state index in [1.807, 2.05) is 74.8 Å². The van der Waals surface area contributed by atoms with Crippen molar-refractivity contribution >= 4 is 0 Å². The van der Waals surface area contributed by atoms with Crippen LogP contribution in [0.1, 0.15) is 22.5 Å². The van der Waals surface area contributed by atoms with Crippen molar-refractivity contribution in [2.45, 2.75) is 25.0 Å². The van der Waals surface area contributed by atoms with Crippen LogP contribution >= 0.6 is 0 Å². The Labute approximate surface area is 142 Å². The first-order valence-corrected chi connectivity index (χ1v) is 7.91. The third-order valence-corrected chi connectivity index (χ3v) is 4.56. The molecule has 1 aliphatic carbocycles. The first-order chi connectivity index (χ1) is 11.5. The summed E-state index contributed by atoms with van der Waals surface area (Å²) in [7, 11) is 3.39. The first-order valence-electron chi connectivity index (χ1n) is 7.91. The lowest BCUT2D eigenvalue weighted by molar-refractivity contribution is 0.0418. The van der Waals surface area contributed by atoms with Gasteiger partial charge in [-0.3, -0.25) is 9.97 Å². The van der Waals surface area contributed by atoms with Crippen molar-refractivity contribution in [1.29, 1.82) is 0 Å². The van der Waals surface area contributed by atoms with Gasteiger partial charge in [0.1, 0.15) is 11.2 Å². The largest absolute Gasteiger partial charge is 0.365 e. The molecule has 2 aromatic heterocycles. The van der Waals surface area contributed by atoms with Gasteiger partial charge in [-0.25, -0.2) is 0 Å². The lowest BCUT2D eigenvalue weighted by Crippen LogP contribution is -2.33. The van der Waals surface area contributed by atoms with Crippen molar-refractivity contribution in [3.8, 4) is 0 Å². The molecule has 0 aromatic carbocycles. The number of rotatable bonds is 4. The monoisotopic (exact) mass is 322 g/mol. The van der Waals surface area contributed by atoms with Gasteiger partial charge in [-0.1, -0.05) is 12.1 Å². The summed E-state index contributed by atoms with van der Waals surface area (Å²) in [6.45, 7) is 3.94. The smallest absolute Gasteiger partial charge is 0.131 e. The molecule has 0 spiro atoms. The van der Waals surface area contributed by atoms with Crippen LogP contribution in [-0.2, 0) is 20.7 Å². The molecule has 2 aromatic rings. The van der Waals surface area contributed by atoms with E-state index in [0.29, 0.717) is 0 Å². The molecule has 24 heavy (non-hydrogen) atoms. The summed E-state index contributed by atoms with van der Waals surface area (Å²) in [4.78, 5) is 8.77. The van der Waals surface area contributed by atoms with E-state index in [2.05, 4.69) is 9.97 Å². The number of hydrogen-bond acceptors (Lipinski definition) is 4. The Bertz CT molecular complexity index is 682. The number of aromatic nitrogens is 2. The maximum absolute atomic E-state index is 5.81. The molecule has 0 aliphatic heterocycles. The fraction of sp³-hybridized carbons (Fsp3) is 0.300. The van der Waals surface area contributed by atoms with Crippen LogP contribution in [0.5, 0.6) is 0 Å². The zero-order chi connectivity index (χ0) is 17.2. The second-order valence-electron chi connectivity index (χ2n) is 6.04. The highest BCUT2D eigenvalue weighted by Gasteiger charge is 2.36. The van der Waals surface area contributed by atoms with Gasteiger partial charge in [0.25, 0.3) is 0 Å². The summed E-state index contributed by atoms with van der Waals surface area (Å²) in [6, 6.07) is 8.04.